The van der Waals surface area contributed by atoms with Gasteiger partial charge in [0.1, 0.15) is 5.75 Å². The molecule has 0 spiro atoms. The van der Waals surface area contributed by atoms with Crippen molar-refractivity contribution in [1.82, 2.24) is 14.9 Å². The predicted molar refractivity (Wildman–Crippen MR) is 83.9 cm³/mol. The summed E-state index contributed by atoms with van der Waals surface area (Å²) >= 11 is 0. The Labute approximate surface area is 130 Å². The molecular weight excluding hydrogens is 278 g/mol. The largest absolute Gasteiger partial charge is 0.496 e. The number of rotatable bonds is 5. The van der Waals surface area contributed by atoms with Crippen LogP contribution in [0, 0.1) is 5.92 Å². The van der Waals surface area contributed by atoms with Crippen LogP contribution >= 0.6 is 0 Å². The Morgan fingerprint density at radius 2 is 2.32 bits per heavy atom. The number of ketones is 1. The smallest absolute Gasteiger partial charge is 0.170 e. The van der Waals surface area contributed by atoms with E-state index in [1.807, 2.05) is 30.5 Å². The third kappa shape index (κ3) is 3.20. The molecule has 2 heterocycles. The number of benzene rings is 1. The summed E-state index contributed by atoms with van der Waals surface area (Å²) in [5, 5.41) is 0. The van der Waals surface area contributed by atoms with Crippen LogP contribution in [-0.2, 0) is 6.54 Å². The van der Waals surface area contributed by atoms with E-state index in [2.05, 4.69) is 14.9 Å². The van der Waals surface area contributed by atoms with E-state index in [4.69, 9.17) is 4.74 Å². The summed E-state index contributed by atoms with van der Waals surface area (Å²) in [6, 6.07) is 7.48. The van der Waals surface area contributed by atoms with Gasteiger partial charge in [-0.2, -0.15) is 0 Å². The van der Waals surface area contributed by atoms with E-state index in [0.717, 1.165) is 38.2 Å². The molecule has 1 aromatic heterocycles. The van der Waals surface area contributed by atoms with Gasteiger partial charge in [-0.3, -0.25) is 9.69 Å². The first-order valence-electron chi connectivity index (χ1n) is 7.65. The summed E-state index contributed by atoms with van der Waals surface area (Å²) in [7, 11) is 1.61. The van der Waals surface area contributed by atoms with E-state index in [0.29, 0.717) is 11.3 Å². The van der Waals surface area contributed by atoms with E-state index in [-0.39, 0.29) is 11.7 Å². The van der Waals surface area contributed by atoms with Gasteiger partial charge >= 0.3 is 0 Å². The van der Waals surface area contributed by atoms with Gasteiger partial charge in [-0.1, -0.05) is 12.1 Å². The first-order valence-corrected chi connectivity index (χ1v) is 7.65. The number of piperidine rings is 1. The van der Waals surface area contributed by atoms with E-state index < -0.39 is 0 Å². The minimum Gasteiger partial charge on any atom is -0.496 e. The van der Waals surface area contributed by atoms with E-state index >= 15 is 0 Å². The van der Waals surface area contributed by atoms with Crippen molar-refractivity contribution >= 4 is 5.78 Å². The molecule has 1 N–H and O–H groups in total. The van der Waals surface area contributed by atoms with Gasteiger partial charge in [-0.25, -0.2) is 4.98 Å². The van der Waals surface area contributed by atoms with Crippen molar-refractivity contribution in [2.75, 3.05) is 20.2 Å². The molecule has 1 unspecified atom stereocenters. The van der Waals surface area contributed by atoms with Crippen LogP contribution in [0.2, 0.25) is 0 Å². The third-order valence-electron chi connectivity index (χ3n) is 4.20. The molecule has 1 aliphatic heterocycles. The van der Waals surface area contributed by atoms with Gasteiger partial charge in [-0.05, 0) is 31.5 Å². The molecule has 5 heteroatoms. The van der Waals surface area contributed by atoms with Gasteiger partial charge in [0.25, 0.3) is 0 Å². The first-order chi connectivity index (χ1) is 10.8. The highest BCUT2D eigenvalue weighted by molar-refractivity contribution is 6.00. The van der Waals surface area contributed by atoms with Gasteiger partial charge in [0.2, 0.25) is 0 Å². The van der Waals surface area contributed by atoms with Crippen LogP contribution in [0.4, 0.5) is 0 Å². The van der Waals surface area contributed by atoms with Gasteiger partial charge in [-0.15, -0.1) is 0 Å². The Hall–Kier alpha value is -2.14. The number of nitrogens with one attached hydrogen (secondary N) is 1. The average molecular weight is 299 g/mol. The molecular formula is C17H21N3O2. The standard InChI is InChI=1S/C17H21N3O2/c1-22-16-7-3-2-6-15(16)17(21)13-5-4-8-20(10-13)11-14-9-18-12-19-14/h2-3,6-7,9,12-13H,4-5,8,10-11H2,1H3,(H,18,19). The number of imidazole rings is 1. The predicted octanol–water partition coefficient (Wildman–Crippen LogP) is 2.51. The maximum absolute atomic E-state index is 12.8. The number of para-hydroxylation sites is 1. The molecule has 0 radical (unpaired) electrons. The fourth-order valence-electron chi connectivity index (χ4n) is 3.09. The minimum atomic E-state index is 0.0352. The van der Waals surface area contributed by atoms with Crippen molar-refractivity contribution in [2.24, 2.45) is 5.92 Å². The molecule has 116 valence electrons. The lowest BCUT2D eigenvalue weighted by atomic mass is 9.89. The van der Waals surface area contributed by atoms with Crippen LogP contribution in [0.15, 0.2) is 36.8 Å². The number of likely N-dealkylation sites (tertiary alicyclic amines) is 1. The number of carbonyl (C=O) groups is 1. The zero-order valence-corrected chi connectivity index (χ0v) is 12.8. The van der Waals surface area contributed by atoms with Crippen LogP contribution in [0.25, 0.3) is 0 Å². The summed E-state index contributed by atoms with van der Waals surface area (Å²) in [5.41, 5.74) is 1.78. The topological polar surface area (TPSA) is 58.2 Å². The highest BCUT2D eigenvalue weighted by Gasteiger charge is 2.28. The lowest BCUT2D eigenvalue weighted by molar-refractivity contribution is 0.0807. The molecule has 0 saturated carbocycles. The summed E-state index contributed by atoms with van der Waals surface area (Å²) in [4.78, 5) is 22.3. The summed E-state index contributed by atoms with van der Waals surface area (Å²) < 4.78 is 5.32. The minimum absolute atomic E-state index is 0.0352. The highest BCUT2D eigenvalue weighted by Crippen LogP contribution is 2.26. The molecule has 1 aromatic carbocycles. The van der Waals surface area contributed by atoms with E-state index in [9.17, 15) is 4.79 Å². The summed E-state index contributed by atoms with van der Waals surface area (Å²) in [6.45, 7) is 2.63. The number of ether oxygens (including phenoxy) is 1. The number of Topliss-reactive ketones (excluding diaryl/α,β-unsaturated/α-hetero) is 1. The molecule has 3 rings (SSSR count). The fourth-order valence-corrected chi connectivity index (χ4v) is 3.09. The quantitative estimate of drug-likeness (QED) is 0.862. The molecule has 2 aromatic rings. The second kappa shape index (κ2) is 6.75. The highest BCUT2D eigenvalue weighted by atomic mass is 16.5. The number of hydrogen-bond donors (Lipinski definition) is 1. The Balaban J connectivity index is 1.70. The molecule has 0 bridgehead atoms. The van der Waals surface area contributed by atoms with Crippen molar-refractivity contribution in [3.8, 4) is 5.75 Å². The van der Waals surface area contributed by atoms with Crippen LogP contribution in [0.5, 0.6) is 5.75 Å². The Morgan fingerprint density at radius 1 is 1.45 bits per heavy atom. The van der Waals surface area contributed by atoms with Crippen LogP contribution in [0.1, 0.15) is 28.9 Å². The van der Waals surface area contributed by atoms with Crippen molar-refractivity contribution in [2.45, 2.75) is 19.4 Å². The van der Waals surface area contributed by atoms with Crippen molar-refractivity contribution in [3.05, 3.63) is 48.0 Å². The van der Waals surface area contributed by atoms with Crippen molar-refractivity contribution in [1.29, 1.82) is 0 Å². The van der Waals surface area contributed by atoms with Gasteiger partial charge in [0.15, 0.2) is 5.78 Å². The van der Waals surface area contributed by atoms with Gasteiger partial charge in [0, 0.05) is 30.9 Å². The Bertz CT molecular complexity index is 625. The first kappa shape index (κ1) is 14.8. The summed E-state index contributed by atoms with van der Waals surface area (Å²) in [5.74, 6) is 0.887. The maximum Gasteiger partial charge on any atom is 0.170 e. The number of aromatic amines is 1. The fraction of sp³-hybridized carbons (Fsp3) is 0.412. The Kier molecular flexibility index (Phi) is 4.53. The van der Waals surface area contributed by atoms with E-state index in [1.54, 1.807) is 13.4 Å². The lowest BCUT2D eigenvalue weighted by Crippen LogP contribution is -2.38. The molecule has 1 aliphatic rings. The number of methoxy groups -OCH3 is 1. The zero-order valence-electron chi connectivity index (χ0n) is 12.8. The SMILES string of the molecule is COc1ccccc1C(=O)C1CCCN(Cc2cnc[nH]2)C1. The van der Waals surface area contributed by atoms with Crippen LogP contribution < -0.4 is 4.74 Å². The molecule has 0 amide bonds. The second-order valence-electron chi connectivity index (χ2n) is 5.72. The molecule has 0 aliphatic carbocycles. The van der Waals surface area contributed by atoms with E-state index in [1.165, 1.54) is 0 Å². The second-order valence-corrected chi connectivity index (χ2v) is 5.72. The lowest BCUT2D eigenvalue weighted by Gasteiger charge is -2.31. The van der Waals surface area contributed by atoms with Crippen molar-refractivity contribution < 1.29 is 9.53 Å². The van der Waals surface area contributed by atoms with Gasteiger partial charge in [0.05, 0.1) is 19.0 Å². The maximum atomic E-state index is 12.8. The number of H-pyrrole nitrogens is 1. The molecule has 1 atom stereocenters. The normalized spacial score (nSPS) is 19.0. The number of hydrogen-bond acceptors (Lipinski definition) is 4. The molecule has 5 nitrogen and oxygen atoms in total. The molecule has 22 heavy (non-hydrogen) atoms. The zero-order chi connectivity index (χ0) is 15.4. The van der Waals surface area contributed by atoms with Gasteiger partial charge < -0.3 is 9.72 Å². The summed E-state index contributed by atoms with van der Waals surface area (Å²) in [6.07, 6.45) is 5.51. The van der Waals surface area contributed by atoms with Crippen molar-refractivity contribution in [3.63, 3.8) is 0 Å². The average Bonchev–Trinajstić information content (AvgIpc) is 3.07. The van der Waals surface area contributed by atoms with Crippen LogP contribution in [0.3, 0.4) is 0 Å². The Morgan fingerprint density at radius 3 is 3.09 bits per heavy atom. The monoisotopic (exact) mass is 299 g/mol. The van der Waals surface area contributed by atoms with Crippen LogP contribution in [-0.4, -0.2) is 40.9 Å². The third-order valence-corrected chi connectivity index (χ3v) is 4.20. The number of carbonyl (C=O) groups excluding carboxylic acids is 1. The molecule has 1 saturated heterocycles. The molecule has 1 fully saturated rings. The number of aromatic nitrogens is 2. The number of nitrogens with zero attached hydrogens (tertiary/aromatic N) is 2.